The van der Waals surface area contributed by atoms with E-state index in [2.05, 4.69) is 15.3 Å². The molecular weight excluding hydrogens is 200 g/mol. The second-order valence-corrected chi connectivity index (χ2v) is 2.72. The summed E-state index contributed by atoms with van der Waals surface area (Å²) in [6, 6.07) is 1.18. The molecule has 15 heavy (non-hydrogen) atoms. The molecule has 2 aromatic heterocycles. The maximum Gasteiger partial charge on any atom is 0.357 e. The van der Waals surface area contributed by atoms with Gasteiger partial charge in [-0.3, -0.25) is 0 Å². The molecule has 2 rings (SSSR count). The first-order valence-electron chi connectivity index (χ1n) is 4.30. The van der Waals surface area contributed by atoms with Gasteiger partial charge in [0.1, 0.15) is 0 Å². The Morgan fingerprint density at radius 1 is 1.67 bits per heavy atom. The quantitative estimate of drug-likeness (QED) is 0.699. The molecule has 0 spiro atoms. The van der Waals surface area contributed by atoms with Crippen molar-refractivity contribution < 1.29 is 14.6 Å². The molecule has 0 aliphatic carbocycles. The topological polar surface area (TPSA) is 89.6 Å². The molecule has 0 bridgehead atoms. The van der Waals surface area contributed by atoms with Crippen molar-refractivity contribution in [2.24, 2.45) is 0 Å². The summed E-state index contributed by atoms with van der Waals surface area (Å²) >= 11 is 0. The van der Waals surface area contributed by atoms with Gasteiger partial charge in [0.05, 0.1) is 12.8 Å². The summed E-state index contributed by atoms with van der Waals surface area (Å²) in [7, 11) is 0. The SMILES string of the molecule is CCOC(=O)c1cc(O)n2nncc2n1. The van der Waals surface area contributed by atoms with Gasteiger partial charge in [-0.05, 0) is 6.92 Å². The molecular formula is C8H8N4O3. The first-order valence-corrected chi connectivity index (χ1v) is 4.30. The fourth-order valence-electron chi connectivity index (χ4n) is 1.12. The van der Waals surface area contributed by atoms with Crippen LogP contribution in [0.2, 0.25) is 0 Å². The predicted molar refractivity (Wildman–Crippen MR) is 48.4 cm³/mol. The second-order valence-electron chi connectivity index (χ2n) is 2.72. The van der Waals surface area contributed by atoms with Gasteiger partial charge in [-0.2, -0.15) is 4.52 Å². The zero-order valence-electron chi connectivity index (χ0n) is 7.91. The molecule has 2 aromatic rings. The Kier molecular flexibility index (Phi) is 2.20. The van der Waals surface area contributed by atoms with Crippen molar-refractivity contribution in [3.63, 3.8) is 0 Å². The third-order valence-electron chi connectivity index (χ3n) is 1.73. The molecule has 0 radical (unpaired) electrons. The van der Waals surface area contributed by atoms with Crippen LogP contribution < -0.4 is 0 Å². The van der Waals surface area contributed by atoms with Gasteiger partial charge in [0.15, 0.2) is 11.3 Å². The highest BCUT2D eigenvalue weighted by molar-refractivity contribution is 5.88. The maximum atomic E-state index is 11.3. The lowest BCUT2D eigenvalue weighted by Gasteiger charge is -2.02. The lowest BCUT2D eigenvalue weighted by Crippen LogP contribution is -2.08. The Balaban J connectivity index is 2.49. The number of carbonyl (C=O) groups is 1. The Morgan fingerprint density at radius 3 is 3.20 bits per heavy atom. The van der Waals surface area contributed by atoms with E-state index in [0.717, 1.165) is 4.52 Å². The van der Waals surface area contributed by atoms with E-state index >= 15 is 0 Å². The van der Waals surface area contributed by atoms with Gasteiger partial charge in [-0.15, -0.1) is 5.10 Å². The van der Waals surface area contributed by atoms with Crippen LogP contribution in [0.25, 0.3) is 5.65 Å². The van der Waals surface area contributed by atoms with Crippen LogP contribution in [0.4, 0.5) is 0 Å². The molecule has 2 heterocycles. The van der Waals surface area contributed by atoms with Crippen LogP contribution in [0.1, 0.15) is 17.4 Å². The molecule has 7 nitrogen and oxygen atoms in total. The number of aromatic hydroxyl groups is 1. The summed E-state index contributed by atoms with van der Waals surface area (Å²) in [5.41, 5.74) is 0.321. The zero-order valence-corrected chi connectivity index (χ0v) is 7.91. The molecule has 0 aliphatic rings. The summed E-state index contributed by atoms with van der Waals surface area (Å²) in [6.45, 7) is 1.95. The van der Waals surface area contributed by atoms with Gasteiger partial charge < -0.3 is 9.84 Å². The summed E-state index contributed by atoms with van der Waals surface area (Å²) in [6.07, 6.45) is 1.34. The largest absolute Gasteiger partial charge is 0.493 e. The summed E-state index contributed by atoms with van der Waals surface area (Å²) in [5, 5.41) is 16.6. The number of rotatable bonds is 2. The molecule has 0 aromatic carbocycles. The standard InChI is InChI=1S/C8H8N4O3/c1-2-15-8(14)5-3-7(13)12-6(10-5)4-9-11-12/h3-4,13H,2H2,1H3. The molecule has 0 amide bonds. The zero-order chi connectivity index (χ0) is 10.8. The smallest absolute Gasteiger partial charge is 0.357 e. The predicted octanol–water partition coefficient (Wildman–Crippen LogP) is 0.00660. The number of fused-ring (bicyclic) bond motifs is 1. The van der Waals surface area contributed by atoms with Gasteiger partial charge in [0.2, 0.25) is 5.88 Å². The van der Waals surface area contributed by atoms with E-state index in [1.165, 1.54) is 12.3 Å². The second kappa shape index (κ2) is 3.52. The molecule has 7 heteroatoms. The average Bonchev–Trinajstić information content (AvgIpc) is 2.66. The van der Waals surface area contributed by atoms with E-state index in [0.29, 0.717) is 0 Å². The number of hydrogen-bond donors (Lipinski definition) is 1. The minimum Gasteiger partial charge on any atom is -0.493 e. The van der Waals surface area contributed by atoms with Crippen LogP contribution in [0.15, 0.2) is 12.3 Å². The van der Waals surface area contributed by atoms with Crippen LogP contribution >= 0.6 is 0 Å². The molecule has 0 aliphatic heterocycles. The molecule has 0 saturated heterocycles. The summed E-state index contributed by atoms with van der Waals surface area (Å²) < 4.78 is 5.86. The van der Waals surface area contributed by atoms with Crippen molar-refractivity contribution in [2.45, 2.75) is 6.92 Å². The minimum atomic E-state index is -0.587. The number of esters is 1. The van der Waals surface area contributed by atoms with E-state index in [1.54, 1.807) is 6.92 Å². The fraction of sp³-hybridized carbons (Fsp3) is 0.250. The van der Waals surface area contributed by atoms with E-state index in [9.17, 15) is 9.90 Å². The summed E-state index contributed by atoms with van der Waals surface area (Å²) in [4.78, 5) is 15.2. The van der Waals surface area contributed by atoms with Gasteiger partial charge in [-0.1, -0.05) is 5.21 Å². The average molecular weight is 208 g/mol. The van der Waals surface area contributed by atoms with Crippen LogP contribution in [0, 0.1) is 0 Å². The number of carbonyl (C=O) groups excluding carboxylic acids is 1. The Hall–Kier alpha value is -2.18. The van der Waals surface area contributed by atoms with Crippen molar-refractivity contribution >= 4 is 11.6 Å². The first-order chi connectivity index (χ1) is 7.22. The van der Waals surface area contributed by atoms with Gasteiger partial charge in [0.25, 0.3) is 0 Å². The first kappa shape index (κ1) is 9.38. The van der Waals surface area contributed by atoms with Gasteiger partial charge >= 0.3 is 5.97 Å². The lowest BCUT2D eigenvalue weighted by atomic mass is 10.4. The monoisotopic (exact) mass is 208 g/mol. The lowest BCUT2D eigenvalue weighted by molar-refractivity contribution is 0.0519. The number of ether oxygens (including phenoxy) is 1. The van der Waals surface area contributed by atoms with Crippen LogP contribution in [-0.4, -0.2) is 37.5 Å². The van der Waals surface area contributed by atoms with E-state index in [-0.39, 0.29) is 23.8 Å². The highest BCUT2D eigenvalue weighted by atomic mass is 16.5. The highest BCUT2D eigenvalue weighted by Crippen LogP contribution is 2.12. The fourth-order valence-corrected chi connectivity index (χ4v) is 1.12. The molecule has 0 saturated carbocycles. The number of nitrogens with zero attached hydrogens (tertiary/aromatic N) is 4. The van der Waals surface area contributed by atoms with Crippen molar-refractivity contribution in [2.75, 3.05) is 6.61 Å². The van der Waals surface area contributed by atoms with Crippen molar-refractivity contribution in [3.8, 4) is 5.88 Å². The maximum absolute atomic E-state index is 11.3. The van der Waals surface area contributed by atoms with Crippen molar-refractivity contribution in [1.82, 2.24) is 19.8 Å². The molecule has 78 valence electrons. The third kappa shape index (κ3) is 1.58. The van der Waals surface area contributed by atoms with E-state index in [4.69, 9.17) is 4.74 Å². The van der Waals surface area contributed by atoms with Crippen molar-refractivity contribution in [1.29, 1.82) is 0 Å². The van der Waals surface area contributed by atoms with E-state index < -0.39 is 5.97 Å². The Labute approximate surface area is 84.3 Å². The number of hydrogen-bond acceptors (Lipinski definition) is 6. The minimum absolute atomic E-state index is 0.0316. The highest BCUT2D eigenvalue weighted by Gasteiger charge is 2.13. The molecule has 1 N–H and O–H groups in total. The normalized spacial score (nSPS) is 10.5. The van der Waals surface area contributed by atoms with Crippen LogP contribution in [-0.2, 0) is 4.74 Å². The molecule has 0 fully saturated rings. The van der Waals surface area contributed by atoms with Gasteiger partial charge in [-0.25, -0.2) is 9.78 Å². The van der Waals surface area contributed by atoms with Crippen LogP contribution in [0.5, 0.6) is 5.88 Å². The van der Waals surface area contributed by atoms with Crippen LogP contribution in [0.3, 0.4) is 0 Å². The van der Waals surface area contributed by atoms with Crippen molar-refractivity contribution in [3.05, 3.63) is 18.0 Å². The Morgan fingerprint density at radius 2 is 2.47 bits per heavy atom. The Bertz CT molecular complexity index is 508. The third-order valence-corrected chi connectivity index (χ3v) is 1.73. The molecule has 0 atom stereocenters. The van der Waals surface area contributed by atoms with E-state index in [1.807, 2.05) is 0 Å². The summed E-state index contributed by atoms with van der Waals surface area (Å²) in [5.74, 6) is -0.794. The molecule has 0 unspecified atom stereocenters. The van der Waals surface area contributed by atoms with Gasteiger partial charge in [0, 0.05) is 6.07 Å². The number of aromatic nitrogens is 4.